The van der Waals surface area contributed by atoms with Crippen molar-refractivity contribution in [3.63, 3.8) is 0 Å². The van der Waals surface area contributed by atoms with Gasteiger partial charge in [-0.3, -0.25) is 4.57 Å². The average Bonchev–Trinajstić information content (AvgIpc) is 3.45. The second kappa shape index (κ2) is 9.22. The first-order valence-corrected chi connectivity index (χ1v) is 15.4. The summed E-state index contributed by atoms with van der Waals surface area (Å²) in [4.78, 5) is 10.6. The van der Waals surface area contributed by atoms with Crippen LogP contribution in [0.15, 0.2) is 152 Å². The molecule has 0 aliphatic rings. The fourth-order valence-corrected chi connectivity index (χ4v) is 7.39. The van der Waals surface area contributed by atoms with Crippen LogP contribution in [0.1, 0.15) is 0 Å². The van der Waals surface area contributed by atoms with Crippen LogP contribution in [0.25, 0.3) is 93.0 Å². The third kappa shape index (κ3) is 3.46. The third-order valence-corrected chi connectivity index (χ3v) is 9.39. The topological polar surface area (TPSA) is 30.7 Å². The van der Waals surface area contributed by atoms with Gasteiger partial charge in [0.1, 0.15) is 0 Å². The second-order valence-corrected chi connectivity index (χ2v) is 11.8. The number of nitrogens with zero attached hydrogens (tertiary/aromatic N) is 3. The van der Waals surface area contributed by atoms with Gasteiger partial charge in [0, 0.05) is 21.7 Å². The molecule has 0 amide bonds. The van der Waals surface area contributed by atoms with Crippen LogP contribution in [-0.2, 0) is 0 Å². The lowest BCUT2D eigenvalue weighted by Crippen LogP contribution is -2.03. The molecule has 208 valence electrons. The zero-order chi connectivity index (χ0) is 29.5. The quantitative estimate of drug-likeness (QED) is 0.193. The molecule has 0 aliphatic heterocycles. The van der Waals surface area contributed by atoms with Crippen LogP contribution in [-0.4, -0.2) is 14.5 Å². The number of rotatable bonds is 2. The number of para-hydroxylation sites is 2. The molecule has 45 heavy (non-hydrogen) atoms. The summed E-state index contributed by atoms with van der Waals surface area (Å²) in [7, 11) is 0. The first-order chi connectivity index (χ1) is 22.3. The highest BCUT2D eigenvalue weighted by Crippen LogP contribution is 2.41. The summed E-state index contributed by atoms with van der Waals surface area (Å²) >= 11 is 0. The van der Waals surface area contributed by atoms with Crippen molar-refractivity contribution in [1.29, 1.82) is 0 Å². The molecule has 0 N–H and O–H groups in total. The highest BCUT2D eigenvalue weighted by atomic mass is 15.2. The Labute approximate surface area is 258 Å². The van der Waals surface area contributed by atoms with Gasteiger partial charge in [0.15, 0.2) is 0 Å². The molecular weight excluding hydrogens is 546 g/mol. The zero-order valence-electron chi connectivity index (χ0n) is 24.3. The summed E-state index contributed by atoms with van der Waals surface area (Å²) < 4.78 is 2.25. The maximum Gasteiger partial charge on any atom is 0.235 e. The summed E-state index contributed by atoms with van der Waals surface area (Å²) in [6.07, 6.45) is 0. The first kappa shape index (κ1) is 24.4. The summed E-state index contributed by atoms with van der Waals surface area (Å²) in [5, 5.41) is 13.4. The van der Waals surface area contributed by atoms with Crippen LogP contribution in [0.5, 0.6) is 0 Å². The molecule has 2 heterocycles. The molecule has 0 spiro atoms. The normalized spacial score (nSPS) is 12.0. The van der Waals surface area contributed by atoms with Gasteiger partial charge < -0.3 is 0 Å². The number of hydrogen-bond donors (Lipinski definition) is 0. The Morgan fingerprint density at radius 1 is 0.356 bits per heavy atom. The number of benzene rings is 8. The van der Waals surface area contributed by atoms with E-state index in [0.717, 1.165) is 33.2 Å². The van der Waals surface area contributed by atoms with Crippen molar-refractivity contribution in [2.45, 2.75) is 0 Å². The summed E-state index contributed by atoms with van der Waals surface area (Å²) in [5.41, 5.74) is 5.17. The largest absolute Gasteiger partial charge is 0.278 e. The molecule has 3 nitrogen and oxygen atoms in total. The average molecular weight is 572 g/mol. The van der Waals surface area contributed by atoms with E-state index < -0.39 is 0 Å². The molecule has 0 aliphatic carbocycles. The highest BCUT2D eigenvalue weighted by Gasteiger charge is 2.20. The molecule has 0 atom stereocenters. The maximum atomic E-state index is 5.38. The summed E-state index contributed by atoms with van der Waals surface area (Å²) in [6.45, 7) is 0. The first-order valence-electron chi connectivity index (χ1n) is 15.4. The van der Waals surface area contributed by atoms with Gasteiger partial charge in [0.25, 0.3) is 0 Å². The van der Waals surface area contributed by atoms with Crippen molar-refractivity contribution in [3.8, 4) is 17.2 Å². The van der Waals surface area contributed by atoms with E-state index in [0.29, 0.717) is 5.95 Å². The van der Waals surface area contributed by atoms with Gasteiger partial charge in [-0.2, -0.15) is 0 Å². The Morgan fingerprint density at radius 3 is 1.84 bits per heavy atom. The molecule has 0 bridgehead atoms. The Balaban J connectivity index is 1.31. The van der Waals surface area contributed by atoms with Crippen molar-refractivity contribution in [2.75, 3.05) is 0 Å². The lowest BCUT2D eigenvalue weighted by atomic mass is 9.95. The van der Waals surface area contributed by atoms with Gasteiger partial charge >= 0.3 is 0 Å². The Morgan fingerprint density at radius 2 is 0.956 bits per heavy atom. The molecule has 3 heteroatoms. The highest BCUT2D eigenvalue weighted by molar-refractivity contribution is 6.27. The minimum atomic E-state index is 0.675. The molecular formula is C42H25N3. The van der Waals surface area contributed by atoms with E-state index in [1.54, 1.807) is 0 Å². The molecule has 0 saturated heterocycles. The number of aromatic nitrogens is 3. The fourth-order valence-electron chi connectivity index (χ4n) is 7.39. The van der Waals surface area contributed by atoms with E-state index in [-0.39, 0.29) is 0 Å². The van der Waals surface area contributed by atoms with Crippen molar-refractivity contribution >= 4 is 75.8 Å². The van der Waals surface area contributed by atoms with E-state index in [9.17, 15) is 0 Å². The van der Waals surface area contributed by atoms with E-state index in [4.69, 9.17) is 9.97 Å². The van der Waals surface area contributed by atoms with Crippen LogP contribution < -0.4 is 0 Å². The standard InChI is InChI=1S/C42H25N3/c1-4-14-29-26(10-1)12-9-17-34(29)41-35-15-5-7-18-37(35)43-42(44-41)45-38-19-8-6-16-36(38)40-33-23-22-30-28-13-3-2-11-27(28)20-21-31(30)32(33)24-25-39(40)45/h1-25H. The lowest BCUT2D eigenvalue weighted by Gasteiger charge is -2.13. The Bertz CT molecular complexity index is 2820. The van der Waals surface area contributed by atoms with E-state index in [1.807, 2.05) is 0 Å². The molecule has 0 unspecified atom stereocenters. The van der Waals surface area contributed by atoms with Crippen LogP contribution >= 0.6 is 0 Å². The van der Waals surface area contributed by atoms with Crippen LogP contribution in [0, 0.1) is 0 Å². The predicted octanol–water partition coefficient (Wildman–Crippen LogP) is 11.0. The molecule has 8 aromatic carbocycles. The molecule has 0 radical (unpaired) electrons. The third-order valence-electron chi connectivity index (χ3n) is 9.39. The van der Waals surface area contributed by atoms with E-state index >= 15 is 0 Å². The zero-order valence-corrected chi connectivity index (χ0v) is 24.3. The number of hydrogen-bond acceptors (Lipinski definition) is 2. The molecule has 10 rings (SSSR count). The SMILES string of the molecule is c1ccc2c(-c3nc(-n4c5ccccc5c5c6ccc7c8ccccc8ccc7c6ccc54)nc4ccccc34)cccc2c1. The van der Waals surface area contributed by atoms with E-state index in [2.05, 4.69) is 156 Å². The molecule has 10 aromatic rings. The van der Waals surface area contributed by atoms with Gasteiger partial charge in [0.05, 0.1) is 22.2 Å². The minimum Gasteiger partial charge on any atom is -0.278 e. The van der Waals surface area contributed by atoms with Crippen molar-refractivity contribution in [2.24, 2.45) is 0 Å². The number of fused-ring (bicyclic) bond motifs is 11. The Kier molecular flexibility index (Phi) is 5.00. The lowest BCUT2D eigenvalue weighted by molar-refractivity contribution is 1.01. The van der Waals surface area contributed by atoms with Crippen molar-refractivity contribution < 1.29 is 0 Å². The van der Waals surface area contributed by atoms with Crippen molar-refractivity contribution in [1.82, 2.24) is 14.5 Å². The molecule has 0 saturated carbocycles. The minimum absolute atomic E-state index is 0.675. The van der Waals surface area contributed by atoms with Gasteiger partial charge in [-0.1, -0.05) is 133 Å². The second-order valence-electron chi connectivity index (χ2n) is 11.8. The monoisotopic (exact) mass is 571 g/mol. The van der Waals surface area contributed by atoms with Gasteiger partial charge in [-0.25, -0.2) is 9.97 Å². The van der Waals surface area contributed by atoms with E-state index in [1.165, 1.54) is 53.9 Å². The predicted molar refractivity (Wildman–Crippen MR) is 189 cm³/mol. The van der Waals surface area contributed by atoms with Gasteiger partial charge in [-0.15, -0.1) is 0 Å². The summed E-state index contributed by atoms with van der Waals surface area (Å²) in [5.74, 6) is 0.675. The van der Waals surface area contributed by atoms with Crippen molar-refractivity contribution in [3.05, 3.63) is 152 Å². The van der Waals surface area contributed by atoms with Crippen LogP contribution in [0.2, 0.25) is 0 Å². The van der Waals surface area contributed by atoms with Gasteiger partial charge in [0.2, 0.25) is 5.95 Å². The smallest absolute Gasteiger partial charge is 0.235 e. The maximum absolute atomic E-state index is 5.38. The van der Waals surface area contributed by atoms with Gasteiger partial charge in [-0.05, 0) is 61.3 Å². The van der Waals surface area contributed by atoms with Crippen LogP contribution in [0.4, 0.5) is 0 Å². The molecule has 0 fully saturated rings. The summed E-state index contributed by atoms with van der Waals surface area (Å²) in [6, 6.07) is 54.2. The fraction of sp³-hybridized carbons (Fsp3) is 0. The molecule has 2 aromatic heterocycles. The van der Waals surface area contributed by atoms with Crippen LogP contribution in [0.3, 0.4) is 0 Å². The Hall–Kier alpha value is -6.06.